The Hall–Kier alpha value is -2.60. The fourth-order valence-electron chi connectivity index (χ4n) is 2.83. The summed E-state index contributed by atoms with van der Waals surface area (Å²) in [5.74, 6) is 1.21. The fourth-order valence-corrected chi connectivity index (χ4v) is 3.66. The molecule has 1 heterocycles. The summed E-state index contributed by atoms with van der Waals surface area (Å²) in [7, 11) is 0. The number of hydrogen-bond acceptors (Lipinski definition) is 4. The number of hydrogen-bond donors (Lipinski definition) is 1. The second kappa shape index (κ2) is 9.92. The summed E-state index contributed by atoms with van der Waals surface area (Å²) in [6.45, 7) is 3.51. The Labute approximate surface area is 164 Å². The van der Waals surface area contributed by atoms with E-state index in [4.69, 9.17) is 0 Å². The van der Waals surface area contributed by atoms with Crippen molar-refractivity contribution in [3.8, 4) is 11.4 Å². The van der Waals surface area contributed by atoms with Crippen LogP contribution in [0.2, 0.25) is 0 Å². The van der Waals surface area contributed by atoms with Crippen molar-refractivity contribution in [3.63, 3.8) is 0 Å². The van der Waals surface area contributed by atoms with Crippen LogP contribution in [-0.4, -0.2) is 33.0 Å². The first kappa shape index (κ1) is 19.2. The number of rotatable bonds is 9. The van der Waals surface area contributed by atoms with E-state index < -0.39 is 0 Å². The molecule has 140 valence electrons. The normalized spacial score (nSPS) is 10.7. The van der Waals surface area contributed by atoms with Crippen molar-refractivity contribution >= 4 is 17.7 Å². The van der Waals surface area contributed by atoms with Gasteiger partial charge in [0, 0.05) is 18.7 Å². The first-order chi connectivity index (χ1) is 13.3. The number of amides is 1. The van der Waals surface area contributed by atoms with E-state index in [-0.39, 0.29) is 5.91 Å². The molecule has 0 aliphatic heterocycles. The molecular formula is C21H24N4OS. The monoisotopic (exact) mass is 380 g/mol. The second-order valence-corrected chi connectivity index (χ2v) is 7.09. The number of aromatic nitrogens is 3. The van der Waals surface area contributed by atoms with E-state index in [1.165, 1.54) is 17.3 Å². The molecule has 0 aliphatic rings. The maximum absolute atomic E-state index is 12.1. The second-order valence-electron chi connectivity index (χ2n) is 6.14. The molecule has 0 spiro atoms. The van der Waals surface area contributed by atoms with Crippen molar-refractivity contribution in [2.24, 2.45) is 0 Å². The minimum Gasteiger partial charge on any atom is -0.355 e. The van der Waals surface area contributed by atoms with Gasteiger partial charge >= 0.3 is 0 Å². The largest absolute Gasteiger partial charge is 0.355 e. The van der Waals surface area contributed by atoms with Gasteiger partial charge in [-0.1, -0.05) is 72.4 Å². The van der Waals surface area contributed by atoms with Gasteiger partial charge in [0.25, 0.3) is 0 Å². The van der Waals surface area contributed by atoms with Crippen molar-refractivity contribution in [1.82, 2.24) is 20.1 Å². The van der Waals surface area contributed by atoms with Gasteiger partial charge < -0.3 is 9.88 Å². The van der Waals surface area contributed by atoms with E-state index in [0.29, 0.717) is 12.3 Å². The molecular weight excluding hydrogens is 356 g/mol. The van der Waals surface area contributed by atoms with Crippen molar-refractivity contribution in [2.45, 2.75) is 31.5 Å². The Morgan fingerprint density at radius 1 is 1.04 bits per heavy atom. The Morgan fingerprint density at radius 2 is 1.74 bits per heavy atom. The average molecular weight is 381 g/mol. The maximum atomic E-state index is 12.1. The zero-order chi connectivity index (χ0) is 18.9. The van der Waals surface area contributed by atoms with Crippen molar-refractivity contribution in [1.29, 1.82) is 0 Å². The molecule has 0 fully saturated rings. The fraction of sp³-hybridized carbons (Fsp3) is 0.286. The van der Waals surface area contributed by atoms with Crippen LogP contribution in [0.3, 0.4) is 0 Å². The van der Waals surface area contributed by atoms with Crippen molar-refractivity contribution in [3.05, 3.63) is 66.2 Å². The van der Waals surface area contributed by atoms with E-state index in [2.05, 4.69) is 34.6 Å². The van der Waals surface area contributed by atoms with E-state index in [1.807, 2.05) is 53.1 Å². The van der Waals surface area contributed by atoms with Gasteiger partial charge in [0.1, 0.15) is 0 Å². The number of aryl methyl sites for hydroxylation is 1. The molecule has 5 nitrogen and oxygen atoms in total. The van der Waals surface area contributed by atoms with Gasteiger partial charge in [-0.15, -0.1) is 10.2 Å². The Bertz CT molecular complexity index is 849. The SMILES string of the molecule is CCn1c(SCC(=O)NCCCc2ccccc2)nnc1-c1ccccc1. The number of thioether (sulfide) groups is 1. The third-order valence-electron chi connectivity index (χ3n) is 4.20. The topological polar surface area (TPSA) is 59.8 Å². The van der Waals surface area contributed by atoms with Crippen LogP contribution in [0.25, 0.3) is 11.4 Å². The highest BCUT2D eigenvalue weighted by Crippen LogP contribution is 2.23. The summed E-state index contributed by atoms with van der Waals surface area (Å²) in [5, 5.41) is 12.3. The Kier molecular flexibility index (Phi) is 7.04. The molecule has 2 aromatic carbocycles. The zero-order valence-corrected chi connectivity index (χ0v) is 16.3. The lowest BCUT2D eigenvalue weighted by Gasteiger charge is -2.08. The van der Waals surface area contributed by atoms with Crippen LogP contribution >= 0.6 is 11.8 Å². The molecule has 1 aromatic heterocycles. The molecule has 1 N–H and O–H groups in total. The predicted molar refractivity (Wildman–Crippen MR) is 110 cm³/mol. The molecule has 0 radical (unpaired) electrons. The lowest BCUT2D eigenvalue weighted by Crippen LogP contribution is -2.26. The van der Waals surface area contributed by atoms with E-state index in [0.717, 1.165) is 35.9 Å². The van der Waals surface area contributed by atoms with Crippen LogP contribution in [0, 0.1) is 0 Å². The van der Waals surface area contributed by atoms with E-state index >= 15 is 0 Å². The van der Waals surface area contributed by atoms with Gasteiger partial charge in [0.15, 0.2) is 11.0 Å². The standard InChI is InChI=1S/C21H24N4OS/c1-2-25-20(18-13-7-4-8-14-18)23-24-21(25)27-16-19(26)22-15-9-12-17-10-5-3-6-11-17/h3-8,10-11,13-14H,2,9,12,15-16H2,1H3,(H,22,26). The van der Waals surface area contributed by atoms with E-state index in [1.54, 1.807) is 0 Å². The highest BCUT2D eigenvalue weighted by atomic mass is 32.2. The summed E-state index contributed by atoms with van der Waals surface area (Å²) in [4.78, 5) is 12.1. The molecule has 1 amide bonds. The summed E-state index contributed by atoms with van der Waals surface area (Å²) in [6, 6.07) is 20.3. The third-order valence-corrected chi connectivity index (χ3v) is 5.17. The quantitative estimate of drug-likeness (QED) is 0.453. The molecule has 3 aromatic rings. The van der Waals surface area contributed by atoms with Crippen LogP contribution in [-0.2, 0) is 17.8 Å². The maximum Gasteiger partial charge on any atom is 0.230 e. The van der Waals surface area contributed by atoms with Gasteiger partial charge in [-0.05, 0) is 25.3 Å². The molecule has 3 rings (SSSR count). The zero-order valence-electron chi connectivity index (χ0n) is 15.5. The predicted octanol–water partition coefficient (Wildman–Crippen LogP) is 3.81. The highest BCUT2D eigenvalue weighted by molar-refractivity contribution is 7.99. The Balaban J connectivity index is 1.47. The number of benzene rings is 2. The first-order valence-electron chi connectivity index (χ1n) is 9.20. The van der Waals surface area contributed by atoms with Crippen LogP contribution in [0.15, 0.2) is 65.8 Å². The highest BCUT2D eigenvalue weighted by Gasteiger charge is 2.14. The number of nitrogens with one attached hydrogen (secondary N) is 1. The third kappa shape index (κ3) is 5.44. The summed E-state index contributed by atoms with van der Waals surface area (Å²) >= 11 is 1.43. The molecule has 0 saturated heterocycles. The van der Waals surface area contributed by atoms with Crippen LogP contribution < -0.4 is 5.32 Å². The first-order valence-corrected chi connectivity index (χ1v) is 10.2. The van der Waals surface area contributed by atoms with Gasteiger partial charge in [-0.3, -0.25) is 4.79 Å². The molecule has 0 bridgehead atoms. The minimum atomic E-state index is 0.0278. The van der Waals surface area contributed by atoms with Crippen LogP contribution in [0.1, 0.15) is 18.9 Å². The van der Waals surface area contributed by atoms with Gasteiger partial charge in [-0.2, -0.15) is 0 Å². The lowest BCUT2D eigenvalue weighted by molar-refractivity contribution is -0.118. The van der Waals surface area contributed by atoms with Gasteiger partial charge in [-0.25, -0.2) is 0 Å². The van der Waals surface area contributed by atoms with Gasteiger partial charge in [0.2, 0.25) is 5.91 Å². The number of carbonyl (C=O) groups is 1. The number of nitrogens with zero attached hydrogens (tertiary/aromatic N) is 3. The molecule has 0 atom stereocenters. The molecule has 0 unspecified atom stereocenters. The lowest BCUT2D eigenvalue weighted by atomic mass is 10.1. The van der Waals surface area contributed by atoms with Gasteiger partial charge in [0.05, 0.1) is 5.75 Å². The smallest absolute Gasteiger partial charge is 0.230 e. The summed E-state index contributed by atoms with van der Waals surface area (Å²) in [5.41, 5.74) is 2.33. The van der Waals surface area contributed by atoms with Crippen molar-refractivity contribution in [2.75, 3.05) is 12.3 Å². The van der Waals surface area contributed by atoms with E-state index in [9.17, 15) is 4.79 Å². The minimum absolute atomic E-state index is 0.0278. The Morgan fingerprint density at radius 3 is 2.44 bits per heavy atom. The number of carbonyl (C=O) groups excluding carboxylic acids is 1. The average Bonchev–Trinajstić information content (AvgIpc) is 3.14. The molecule has 6 heteroatoms. The summed E-state index contributed by atoms with van der Waals surface area (Å²) < 4.78 is 2.04. The molecule has 0 saturated carbocycles. The molecule has 27 heavy (non-hydrogen) atoms. The van der Waals surface area contributed by atoms with Crippen LogP contribution in [0.5, 0.6) is 0 Å². The molecule has 0 aliphatic carbocycles. The summed E-state index contributed by atoms with van der Waals surface area (Å²) in [6.07, 6.45) is 1.91. The van der Waals surface area contributed by atoms with Crippen molar-refractivity contribution < 1.29 is 4.79 Å². The van der Waals surface area contributed by atoms with Crippen LogP contribution in [0.4, 0.5) is 0 Å².